The number of carbonyl (C=O) groups excluding carboxylic acids is 1. The quantitative estimate of drug-likeness (QED) is 0.760. The summed E-state index contributed by atoms with van der Waals surface area (Å²) in [6, 6.07) is 10.1. The van der Waals surface area contributed by atoms with Crippen molar-refractivity contribution in [3.8, 4) is 0 Å². The van der Waals surface area contributed by atoms with Crippen LogP contribution in [0.15, 0.2) is 53.4 Å². The second kappa shape index (κ2) is 9.02. The molecule has 0 bridgehead atoms. The number of rotatable bonds is 5. The average Bonchev–Trinajstić information content (AvgIpc) is 3.17. The third kappa shape index (κ3) is 4.94. The number of hydrogen-bond donors (Lipinski definition) is 1. The van der Waals surface area contributed by atoms with E-state index in [1.807, 2.05) is 0 Å². The van der Waals surface area contributed by atoms with Crippen LogP contribution in [0.4, 0.5) is 8.78 Å². The number of nitrogens with zero attached hydrogens (tertiary/aromatic N) is 1. The van der Waals surface area contributed by atoms with Gasteiger partial charge in [-0.05, 0) is 60.7 Å². The molecule has 31 heavy (non-hydrogen) atoms. The SMILES string of the molecule is O=C([C@H]1C[C@@H](NS(=O)(=O)c2ccc(F)cc2)C[C@@H]1c1ccc(F)cc1)N1CCOCC1. The Hall–Kier alpha value is -2.36. The molecular weight excluding hydrogens is 426 g/mol. The van der Waals surface area contributed by atoms with E-state index in [9.17, 15) is 22.0 Å². The molecule has 1 N–H and O–H groups in total. The molecule has 6 nitrogen and oxygen atoms in total. The Morgan fingerprint density at radius 1 is 0.935 bits per heavy atom. The summed E-state index contributed by atoms with van der Waals surface area (Å²) in [7, 11) is -3.87. The van der Waals surface area contributed by atoms with Crippen LogP contribution in [-0.4, -0.2) is 51.6 Å². The van der Waals surface area contributed by atoms with Crippen molar-refractivity contribution in [1.82, 2.24) is 9.62 Å². The van der Waals surface area contributed by atoms with Crippen LogP contribution in [0.5, 0.6) is 0 Å². The van der Waals surface area contributed by atoms with Gasteiger partial charge in [-0.2, -0.15) is 0 Å². The number of halogens is 2. The van der Waals surface area contributed by atoms with Crippen molar-refractivity contribution in [2.75, 3.05) is 26.3 Å². The second-order valence-corrected chi connectivity index (χ2v) is 9.66. The predicted octanol–water partition coefficient (Wildman–Crippen LogP) is 2.66. The normalized spacial score (nSPS) is 24.3. The molecule has 1 saturated heterocycles. The first kappa shape index (κ1) is 21.9. The number of benzene rings is 2. The van der Waals surface area contributed by atoms with Gasteiger partial charge in [0.15, 0.2) is 0 Å². The number of morpholine rings is 1. The van der Waals surface area contributed by atoms with Crippen LogP contribution in [0.25, 0.3) is 0 Å². The highest BCUT2D eigenvalue weighted by atomic mass is 32.2. The Morgan fingerprint density at radius 2 is 1.52 bits per heavy atom. The molecule has 2 aliphatic rings. The number of amides is 1. The molecule has 0 spiro atoms. The standard InChI is InChI=1S/C22H24F2N2O4S/c23-16-3-1-15(2-4-16)20-13-18(14-21(20)22(27)26-9-11-30-12-10-26)25-31(28,29)19-7-5-17(24)6-8-19/h1-8,18,20-21,25H,9-14H2/t18-,20+,21-/m0/s1. The summed E-state index contributed by atoms with van der Waals surface area (Å²) in [5, 5.41) is 0. The number of sulfonamides is 1. The zero-order valence-corrected chi connectivity index (χ0v) is 17.7. The minimum atomic E-state index is -3.87. The lowest BCUT2D eigenvalue weighted by atomic mass is 9.88. The van der Waals surface area contributed by atoms with E-state index < -0.39 is 27.8 Å². The van der Waals surface area contributed by atoms with E-state index in [4.69, 9.17) is 4.74 Å². The summed E-state index contributed by atoms with van der Waals surface area (Å²) < 4.78 is 60.1. The van der Waals surface area contributed by atoms with Crippen molar-refractivity contribution in [2.24, 2.45) is 5.92 Å². The highest BCUT2D eigenvalue weighted by Crippen LogP contribution is 2.41. The maximum Gasteiger partial charge on any atom is 0.240 e. The van der Waals surface area contributed by atoms with Gasteiger partial charge in [0, 0.05) is 25.0 Å². The molecule has 9 heteroatoms. The van der Waals surface area contributed by atoms with Crippen molar-refractivity contribution in [1.29, 1.82) is 0 Å². The Morgan fingerprint density at radius 3 is 2.13 bits per heavy atom. The Kier molecular flexibility index (Phi) is 6.36. The molecule has 1 aliphatic heterocycles. The predicted molar refractivity (Wildman–Crippen MR) is 110 cm³/mol. The molecule has 4 rings (SSSR count). The van der Waals surface area contributed by atoms with Crippen LogP contribution in [0, 0.1) is 17.6 Å². The van der Waals surface area contributed by atoms with E-state index in [2.05, 4.69) is 4.72 Å². The molecule has 1 amide bonds. The van der Waals surface area contributed by atoms with Gasteiger partial charge in [-0.15, -0.1) is 0 Å². The zero-order valence-electron chi connectivity index (χ0n) is 16.8. The van der Waals surface area contributed by atoms with Crippen LogP contribution < -0.4 is 4.72 Å². The van der Waals surface area contributed by atoms with Crippen molar-refractivity contribution < 1.29 is 26.7 Å². The fraction of sp³-hybridized carbons (Fsp3) is 0.409. The maximum absolute atomic E-state index is 13.4. The molecule has 3 atom stereocenters. The molecule has 2 aromatic rings. The van der Waals surface area contributed by atoms with Gasteiger partial charge in [-0.25, -0.2) is 21.9 Å². The summed E-state index contributed by atoms with van der Waals surface area (Å²) in [5.74, 6) is -1.60. The molecule has 166 valence electrons. The monoisotopic (exact) mass is 450 g/mol. The van der Waals surface area contributed by atoms with Crippen molar-refractivity contribution in [3.63, 3.8) is 0 Å². The first-order valence-corrected chi connectivity index (χ1v) is 11.7. The number of hydrogen-bond acceptors (Lipinski definition) is 4. The smallest absolute Gasteiger partial charge is 0.240 e. The summed E-state index contributed by atoms with van der Waals surface area (Å²) in [6.45, 7) is 1.94. The first-order chi connectivity index (χ1) is 14.8. The molecule has 1 aliphatic carbocycles. The first-order valence-electron chi connectivity index (χ1n) is 10.2. The third-order valence-electron chi connectivity index (χ3n) is 5.95. The van der Waals surface area contributed by atoms with Crippen LogP contribution >= 0.6 is 0 Å². The molecule has 2 aromatic carbocycles. The minimum Gasteiger partial charge on any atom is -0.378 e. The fourth-order valence-corrected chi connectivity index (χ4v) is 5.67. The summed E-state index contributed by atoms with van der Waals surface area (Å²) >= 11 is 0. The zero-order chi connectivity index (χ0) is 22.0. The van der Waals surface area contributed by atoms with Gasteiger partial charge in [0.1, 0.15) is 11.6 Å². The molecule has 0 radical (unpaired) electrons. The Labute approximate surface area is 180 Å². The van der Waals surface area contributed by atoms with E-state index in [1.165, 1.54) is 24.3 Å². The van der Waals surface area contributed by atoms with Gasteiger partial charge >= 0.3 is 0 Å². The molecule has 1 heterocycles. The number of ether oxygens (including phenoxy) is 1. The van der Waals surface area contributed by atoms with E-state index in [0.29, 0.717) is 39.1 Å². The maximum atomic E-state index is 13.4. The molecule has 1 saturated carbocycles. The number of carbonyl (C=O) groups is 1. The van der Waals surface area contributed by atoms with Crippen LogP contribution in [-0.2, 0) is 19.6 Å². The Balaban J connectivity index is 1.56. The van der Waals surface area contributed by atoms with E-state index in [-0.39, 0.29) is 22.5 Å². The molecule has 0 aromatic heterocycles. The van der Waals surface area contributed by atoms with Gasteiger partial charge in [-0.1, -0.05) is 12.1 Å². The number of nitrogens with one attached hydrogen (secondary N) is 1. The molecular formula is C22H24F2N2O4S. The molecule has 0 unspecified atom stereocenters. The molecule has 2 fully saturated rings. The average molecular weight is 451 g/mol. The van der Waals surface area contributed by atoms with Crippen LogP contribution in [0.1, 0.15) is 24.3 Å². The van der Waals surface area contributed by atoms with E-state index in [0.717, 1.165) is 17.7 Å². The summed E-state index contributed by atoms with van der Waals surface area (Å²) in [4.78, 5) is 15.0. The summed E-state index contributed by atoms with van der Waals surface area (Å²) in [5.41, 5.74) is 0.802. The topological polar surface area (TPSA) is 75.7 Å². The van der Waals surface area contributed by atoms with Gasteiger partial charge in [0.25, 0.3) is 0 Å². The van der Waals surface area contributed by atoms with Crippen molar-refractivity contribution >= 4 is 15.9 Å². The third-order valence-corrected chi connectivity index (χ3v) is 7.48. The summed E-state index contributed by atoms with van der Waals surface area (Å²) in [6.07, 6.45) is 0.742. The highest BCUT2D eigenvalue weighted by molar-refractivity contribution is 7.89. The highest BCUT2D eigenvalue weighted by Gasteiger charge is 2.42. The largest absolute Gasteiger partial charge is 0.378 e. The van der Waals surface area contributed by atoms with E-state index in [1.54, 1.807) is 17.0 Å². The van der Waals surface area contributed by atoms with Crippen molar-refractivity contribution in [3.05, 3.63) is 65.7 Å². The van der Waals surface area contributed by atoms with Gasteiger partial charge in [0.2, 0.25) is 15.9 Å². The van der Waals surface area contributed by atoms with Gasteiger partial charge < -0.3 is 9.64 Å². The van der Waals surface area contributed by atoms with Crippen molar-refractivity contribution in [2.45, 2.75) is 29.7 Å². The minimum absolute atomic E-state index is 0.0322. The fourth-order valence-electron chi connectivity index (χ4n) is 4.40. The van der Waals surface area contributed by atoms with Gasteiger partial charge in [0.05, 0.1) is 18.1 Å². The lowest BCUT2D eigenvalue weighted by Gasteiger charge is -2.31. The Bertz CT molecular complexity index is 1020. The van der Waals surface area contributed by atoms with Crippen LogP contribution in [0.2, 0.25) is 0 Å². The van der Waals surface area contributed by atoms with Gasteiger partial charge in [-0.3, -0.25) is 4.79 Å². The lowest BCUT2D eigenvalue weighted by Crippen LogP contribution is -2.44. The van der Waals surface area contributed by atoms with E-state index >= 15 is 0 Å². The lowest BCUT2D eigenvalue weighted by molar-refractivity contribution is -0.140. The van der Waals surface area contributed by atoms with Crippen LogP contribution in [0.3, 0.4) is 0 Å². The second-order valence-electron chi connectivity index (χ2n) is 7.95.